The van der Waals surface area contributed by atoms with Crippen LogP contribution in [0.25, 0.3) is 0 Å². The van der Waals surface area contributed by atoms with E-state index in [1.807, 2.05) is 6.92 Å². The van der Waals surface area contributed by atoms with Gasteiger partial charge in [0.2, 0.25) is 0 Å². The molecule has 1 aliphatic rings. The quantitative estimate of drug-likeness (QED) is 0.740. The van der Waals surface area contributed by atoms with Crippen LogP contribution in [0.5, 0.6) is 0 Å². The largest absolute Gasteiger partial charge is 0.332 e. The van der Waals surface area contributed by atoms with E-state index in [0.29, 0.717) is 11.7 Å². The highest BCUT2D eigenvalue weighted by molar-refractivity contribution is 7.89. The van der Waals surface area contributed by atoms with Gasteiger partial charge in [-0.15, -0.1) is 0 Å². The molecule has 0 amide bonds. The Bertz CT molecular complexity index is 491. The second-order valence-corrected chi connectivity index (χ2v) is 6.51. The lowest BCUT2D eigenvalue weighted by atomic mass is 9.92. The van der Waals surface area contributed by atoms with Crippen molar-refractivity contribution >= 4 is 10.0 Å². The third kappa shape index (κ3) is 3.09. The highest BCUT2D eigenvalue weighted by atomic mass is 32.2. The SMILES string of the molecule is Cc1ncc(S(=O)(=O)NC(C)C2CCNCC2)[nH]1. The van der Waals surface area contributed by atoms with Gasteiger partial charge in [-0.05, 0) is 45.7 Å². The van der Waals surface area contributed by atoms with Crippen LogP contribution in [-0.4, -0.2) is 37.5 Å². The van der Waals surface area contributed by atoms with E-state index in [-0.39, 0.29) is 11.1 Å². The van der Waals surface area contributed by atoms with Crippen molar-refractivity contribution in [3.8, 4) is 0 Å². The number of nitrogens with zero attached hydrogens (tertiary/aromatic N) is 1. The summed E-state index contributed by atoms with van der Waals surface area (Å²) < 4.78 is 26.9. The monoisotopic (exact) mass is 272 g/mol. The van der Waals surface area contributed by atoms with Crippen LogP contribution < -0.4 is 10.0 Å². The van der Waals surface area contributed by atoms with Gasteiger partial charge in [0, 0.05) is 6.04 Å². The number of imidazole rings is 1. The Hall–Kier alpha value is -0.920. The van der Waals surface area contributed by atoms with Crippen molar-refractivity contribution in [3.63, 3.8) is 0 Å². The number of rotatable bonds is 4. The molecule has 2 heterocycles. The summed E-state index contributed by atoms with van der Waals surface area (Å²) in [6, 6.07) is -0.0549. The minimum absolute atomic E-state index is 0.0549. The summed E-state index contributed by atoms with van der Waals surface area (Å²) in [6.07, 6.45) is 3.37. The van der Waals surface area contributed by atoms with Crippen LogP contribution in [0.4, 0.5) is 0 Å². The van der Waals surface area contributed by atoms with Crippen LogP contribution in [0, 0.1) is 12.8 Å². The molecular weight excluding hydrogens is 252 g/mol. The van der Waals surface area contributed by atoms with Crippen molar-refractivity contribution in [1.82, 2.24) is 20.0 Å². The van der Waals surface area contributed by atoms with Crippen LogP contribution in [0.3, 0.4) is 0 Å². The second-order valence-electron chi connectivity index (χ2n) is 4.83. The van der Waals surface area contributed by atoms with Crippen LogP contribution in [-0.2, 0) is 10.0 Å². The number of sulfonamides is 1. The lowest BCUT2D eigenvalue weighted by Gasteiger charge is -2.28. The molecule has 3 N–H and O–H groups in total. The molecule has 6 nitrogen and oxygen atoms in total. The Morgan fingerprint density at radius 2 is 2.11 bits per heavy atom. The Balaban J connectivity index is 2.03. The molecule has 1 unspecified atom stereocenters. The first-order chi connectivity index (χ1) is 8.49. The number of aromatic amines is 1. The third-order valence-corrected chi connectivity index (χ3v) is 4.87. The van der Waals surface area contributed by atoms with E-state index in [2.05, 4.69) is 20.0 Å². The van der Waals surface area contributed by atoms with E-state index in [1.165, 1.54) is 6.20 Å². The van der Waals surface area contributed by atoms with Gasteiger partial charge in [0.05, 0.1) is 6.20 Å². The molecule has 1 aliphatic heterocycles. The fourth-order valence-electron chi connectivity index (χ4n) is 2.28. The number of aryl methyl sites for hydroxylation is 1. The Morgan fingerprint density at radius 3 is 2.67 bits per heavy atom. The molecule has 0 spiro atoms. The zero-order chi connectivity index (χ0) is 13.2. The molecule has 0 saturated carbocycles. The van der Waals surface area contributed by atoms with Gasteiger partial charge in [0.1, 0.15) is 5.82 Å². The Kier molecular flexibility index (Phi) is 4.04. The molecule has 0 bridgehead atoms. The molecule has 1 fully saturated rings. The molecule has 0 aromatic carbocycles. The van der Waals surface area contributed by atoms with Crippen molar-refractivity contribution in [2.75, 3.05) is 13.1 Å². The molecule has 1 aromatic heterocycles. The van der Waals surface area contributed by atoms with Crippen molar-refractivity contribution < 1.29 is 8.42 Å². The molecule has 2 rings (SSSR count). The van der Waals surface area contributed by atoms with Crippen LogP contribution in [0.1, 0.15) is 25.6 Å². The van der Waals surface area contributed by atoms with Crippen molar-refractivity contribution in [3.05, 3.63) is 12.0 Å². The molecule has 7 heteroatoms. The fraction of sp³-hybridized carbons (Fsp3) is 0.727. The number of hydrogen-bond acceptors (Lipinski definition) is 4. The van der Waals surface area contributed by atoms with E-state index < -0.39 is 10.0 Å². The number of piperidine rings is 1. The van der Waals surface area contributed by atoms with Crippen molar-refractivity contribution in [2.45, 2.75) is 37.8 Å². The van der Waals surface area contributed by atoms with Crippen LogP contribution in [0.15, 0.2) is 11.2 Å². The first-order valence-corrected chi connectivity index (χ1v) is 7.72. The van der Waals surface area contributed by atoms with Crippen molar-refractivity contribution in [1.29, 1.82) is 0 Å². The predicted octanol–water partition coefficient (Wildman–Crippen LogP) is 0.385. The van der Waals surface area contributed by atoms with E-state index >= 15 is 0 Å². The van der Waals surface area contributed by atoms with Gasteiger partial charge in [0.15, 0.2) is 5.03 Å². The third-order valence-electron chi connectivity index (χ3n) is 3.40. The van der Waals surface area contributed by atoms with E-state index in [9.17, 15) is 8.42 Å². The molecule has 1 saturated heterocycles. The summed E-state index contributed by atoms with van der Waals surface area (Å²) in [5.41, 5.74) is 0. The van der Waals surface area contributed by atoms with E-state index in [0.717, 1.165) is 25.9 Å². The Morgan fingerprint density at radius 1 is 1.44 bits per heavy atom. The first kappa shape index (κ1) is 13.5. The van der Waals surface area contributed by atoms with Crippen molar-refractivity contribution in [2.24, 2.45) is 5.92 Å². The maximum atomic E-state index is 12.1. The molecular formula is C11H20N4O2S. The molecule has 18 heavy (non-hydrogen) atoms. The summed E-state index contributed by atoms with van der Waals surface area (Å²) in [4.78, 5) is 6.67. The average Bonchev–Trinajstić information content (AvgIpc) is 2.77. The van der Waals surface area contributed by atoms with Gasteiger partial charge in [-0.3, -0.25) is 0 Å². The zero-order valence-corrected chi connectivity index (χ0v) is 11.5. The van der Waals surface area contributed by atoms with Crippen LogP contribution in [0.2, 0.25) is 0 Å². The van der Waals surface area contributed by atoms with Gasteiger partial charge in [0.25, 0.3) is 10.0 Å². The fourth-order valence-corrected chi connectivity index (χ4v) is 3.57. The van der Waals surface area contributed by atoms with Gasteiger partial charge in [-0.25, -0.2) is 18.1 Å². The standard InChI is InChI=1S/C11H20N4O2S/c1-8(10-3-5-12-6-4-10)15-18(16,17)11-7-13-9(2)14-11/h7-8,10,12,15H,3-6H2,1-2H3,(H,13,14). The minimum atomic E-state index is -3.48. The molecule has 0 aliphatic carbocycles. The summed E-state index contributed by atoms with van der Waals surface area (Å²) in [5.74, 6) is 0.995. The topological polar surface area (TPSA) is 86.9 Å². The van der Waals surface area contributed by atoms with Gasteiger partial charge in [-0.1, -0.05) is 0 Å². The molecule has 1 atom stereocenters. The lowest BCUT2D eigenvalue weighted by molar-refractivity contribution is 0.316. The normalized spacial score (nSPS) is 19.9. The zero-order valence-electron chi connectivity index (χ0n) is 10.7. The van der Waals surface area contributed by atoms with Gasteiger partial charge >= 0.3 is 0 Å². The van der Waals surface area contributed by atoms with E-state index in [1.54, 1.807) is 6.92 Å². The number of aromatic nitrogens is 2. The van der Waals surface area contributed by atoms with E-state index in [4.69, 9.17) is 0 Å². The van der Waals surface area contributed by atoms with Gasteiger partial charge in [-0.2, -0.15) is 0 Å². The Labute approximate surface area is 108 Å². The number of hydrogen-bond donors (Lipinski definition) is 3. The molecule has 1 aromatic rings. The second kappa shape index (κ2) is 5.38. The lowest BCUT2D eigenvalue weighted by Crippen LogP contribution is -2.42. The molecule has 102 valence electrons. The van der Waals surface area contributed by atoms with Crippen LogP contribution >= 0.6 is 0 Å². The average molecular weight is 272 g/mol. The summed E-state index contributed by atoms with van der Waals surface area (Å²) in [7, 11) is -3.48. The highest BCUT2D eigenvalue weighted by Crippen LogP contribution is 2.18. The van der Waals surface area contributed by atoms with Gasteiger partial charge < -0.3 is 10.3 Å². The highest BCUT2D eigenvalue weighted by Gasteiger charge is 2.25. The summed E-state index contributed by atoms with van der Waals surface area (Å²) >= 11 is 0. The molecule has 0 radical (unpaired) electrons. The summed E-state index contributed by atoms with van der Waals surface area (Å²) in [5, 5.41) is 3.41. The number of nitrogens with one attached hydrogen (secondary N) is 3. The first-order valence-electron chi connectivity index (χ1n) is 6.24. The maximum Gasteiger partial charge on any atom is 0.257 e. The maximum absolute atomic E-state index is 12.1. The number of H-pyrrole nitrogens is 1. The predicted molar refractivity (Wildman–Crippen MR) is 68.7 cm³/mol. The minimum Gasteiger partial charge on any atom is -0.332 e. The smallest absolute Gasteiger partial charge is 0.257 e. The summed E-state index contributed by atoms with van der Waals surface area (Å²) in [6.45, 7) is 5.58.